The van der Waals surface area contributed by atoms with E-state index in [-0.39, 0.29) is 24.8 Å². The minimum atomic E-state index is -0.887. The number of carbonyl (C=O) groups is 2. The molecule has 0 unspecified atom stereocenters. The summed E-state index contributed by atoms with van der Waals surface area (Å²) >= 11 is 0. The van der Waals surface area contributed by atoms with Gasteiger partial charge in [0, 0.05) is 26.6 Å². The molecule has 2 amide bonds. The molecule has 0 saturated carbocycles. The number of hydrogen-bond donors (Lipinski definition) is 3. The number of methoxy groups -OCH3 is 1. The summed E-state index contributed by atoms with van der Waals surface area (Å²) < 4.78 is 4.80. The molecule has 0 bridgehead atoms. The van der Waals surface area contributed by atoms with Crippen LogP contribution in [-0.4, -0.2) is 49.8 Å². The molecular weight excluding hydrogens is 284 g/mol. The summed E-state index contributed by atoms with van der Waals surface area (Å²) in [5.41, 5.74) is 0. The molecule has 0 heterocycles. The van der Waals surface area contributed by atoms with Crippen molar-refractivity contribution in [1.82, 2.24) is 10.6 Å². The zero-order valence-electron chi connectivity index (χ0n) is 14.4. The smallest absolute Gasteiger partial charge is 0.225 e. The zero-order valence-corrected chi connectivity index (χ0v) is 14.4. The lowest BCUT2D eigenvalue weighted by molar-refractivity contribution is -0.129. The maximum absolute atomic E-state index is 11.9. The minimum absolute atomic E-state index is 0.0739. The van der Waals surface area contributed by atoms with Crippen LogP contribution in [0.2, 0.25) is 0 Å². The number of carbonyl (C=O) groups excluding carboxylic acids is 2. The maximum Gasteiger partial charge on any atom is 0.225 e. The monoisotopic (exact) mass is 316 g/mol. The van der Waals surface area contributed by atoms with Crippen molar-refractivity contribution < 1.29 is 19.4 Å². The molecule has 0 aromatic rings. The van der Waals surface area contributed by atoms with Crippen molar-refractivity contribution in [3.63, 3.8) is 0 Å². The fourth-order valence-electron chi connectivity index (χ4n) is 1.90. The second-order valence-electron chi connectivity index (χ2n) is 6.08. The predicted octanol–water partition coefficient (Wildman–Crippen LogP) is 1.08. The Morgan fingerprint density at radius 1 is 1.14 bits per heavy atom. The number of ether oxygens (including phenoxy) is 1. The van der Waals surface area contributed by atoms with Crippen LogP contribution < -0.4 is 10.6 Å². The van der Waals surface area contributed by atoms with Gasteiger partial charge in [0.25, 0.3) is 0 Å². The summed E-state index contributed by atoms with van der Waals surface area (Å²) in [6, 6.07) is 0. The molecule has 0 aromatic carbocycles. The minimum Gasteiger partial charge on any atom is -0.390 e. The Hall–Kier alpha value is -1.14. The summed E-state index contributed by atoms with van der Waals surface area (Å²) in [5.74, 6) is -0.239. The van der Waals surface area contributed by atoms with Crippen LogP contribution in [0.15, 0.2) is 0 Å². The Bertz CT molecular complexity index is 321. The molecule has 0 spiro atoms. The van der Waals surface area contributed by atoms with Crippen LogP contribution in [0.5, 0.6) is 0 Å². The highest BCUT2D eigenvalue weighted by atomic mass is 16.5. The largest absolute Gasteiger partial charge is 0.390 e. The first kappa shape index (κ1) is 20.9. The molecule has 6 nitrogen and oxygen atoms in total. The Balaban J connectivity index is 3.84. The highest BCUT2D eigenvalue weighted by Crippen LogP contribution is 2.06. The molecule has 0 aliphatic rings. The van der Waals surface area contributed by atoms with Gasteiger partial charge in [-0.15, -0.1) is 0 Å². The van der Waals surface area contributed by atoms with Crippen LogP contribution in [0.4, 0.5) is 0 Å². The lowest BCUT2D eigenvalue weighted by atomic mass is 10.0. The first-order chi connectivity index (χ1) is 10.4. The van der Waals surface area contributed by atoms with Crippen molar-refractivity contribution >= 4 is 11.8 Å². The number of rotatable bonds is 12. The first-order valence-electron chi connectivity index (χ1n) is 8.09. The molecule has 3 N–H and O–H groups in total. The van der Waals surface area contributed by atoms with Gasteiger partial charge in [-0.25, -0.2) is 0 Å². The van der Waals surface area contributed by atoms with E-state index in [1.165, 1.54) is 7.11 Å². The lowest BCUT2D eigenvalue weighted by Gasteiger charge is -2.19. The van der Waals surface area contributed by atoms with E-state index in [0.29, 0.717) is 19.1 Å². The second-order valence-corrected chi connectivity index (χ2v) is 6.08. The van der Waals surface area contributed by atoms with Crippen LogP contribution in [0.25, 0.3) is 0 Å². The third-order valence-corrected chi connectivity index (χ3v) is 3.54. The molecule has 0 rings (SSSR count). The van der Waals surface area contributed by atoms with Gasteiger partial charge in [0.05, 0.1) is 18.6 Å². The Kier molecular flexibility index (Phi) is 11.8. The molecule has 0 radical (unpaired) electrons. The van der Waals surface area contributed by atoms with Crippen LogP contribution >= 0.6 is 0 Å². The number of amides is 2. The van der Waals surface area contributed by atoms with Crippen molar-refractivity contribution in [3.8, 4) is 0 Å². The lowest BCUT2D eigenvalue weighted by Crippen LogP contribution is -2.42. The van der Waals surface area contributed by atoms with Crippen LogP contribution in [-0.2, 0) is 14.3 Å². The molecular formula is C16H32N2O4. The average molecular weight is 316 g/mol. The third-order valence-electron chi connectivity index (χ3n) is 3.54. The predicted molar refractivity (Wildman–Crippen MR) is 86.4 cm³/mol. The normalized spacial score (nSPS) is 13.7. The third kappa shape index (κ3) is 10.6. The van der Waals surface area contributed by atoms with Gasteiger partial charge in [0.2, 0.25) is 11.8 Å². The summed E-state index contributed by atoms with van der Waals surface area (Å²) in [6.45, 7) is 7.06. The summed E-state index contributed by atoms with van der Waals surface area (Å²) in [7, 11) is 1.52. The van der Waals surface area contributed by atoms with Crippen molar-refractivity contribution in [2.75, 3.05) is 26.8 Å². The molecule has 130 valence electrons. The van der Waals surface area contributed by atoms with Gasteiger partial charge in [0.1, 0.15) is 0 Å². The highest BCUT2D eigenvalue weighted by molar-refractivity contribution is 5.79. The molecule has 22 heavy (non-hydrogen) atoms. The zero-order chi connectivity index (χ0) is 17.0. The standard InChI is InChI=1S/C16H32N2O4/c1-12(2)7-5-6-9-17-16(21)13(3)14(19)11-18-15(20)8-10-22-4/h12-14,19H,5-11H2,1-4H3,(H,17,21)(H,18,20)/t13-,14+/m1/s1. The van der Waals surface area contributed by atoms with Crippen LogP contribution in [0, 0.1) is 11.8 Å². The highest BCUT2D eigenvalue weighted by Gasteiger charge is 2.22. The Morgan fingerprint density at radius 2 is 1.82 bits per heavy atom. The van der Waals surface area contributed by atoms with E-state index in [9.17, 15) is 14.7 Å². The van der Waals surface area contributed by atoms with Gasteiger partial charge in [-0.1, -0.05) is 33.6 Å². The SMILES string of the molecule is COCCC(=O)NC[C@H](O)[C@@H](C)C(=O)NCCCCC(C)C. The summed E-state index contributed by atoms with van der Waals surface area (Å²) in [5, 5.41) is 15.4. The molecule has 0 saturated heterocycles. The maximum atomic E-state index is 11.9. The van der Waals surface area contributed by atoms with E-state index < -0.39 is 12.0 Å². The average Bonchev–Trinajstić information content (AvgIpc) is 2.48. The number of hydrogen-bond acceptors (Lipinski definition) is 4. The molecule has 6 heteroatoms. The summed E-state index contributed by atoms with van der Waals surface area (Å²) in [4.78, 5) is 23.3. The van der Waals surface area contributed by atoms with Crippen molar-refractivity contribution in [1.29, 1.82) is 0 Å². The van der Waals surface area contributed by atoms with E-state index in [4.69, 9.17) is 4.74 Å². The summed E-state index contributed by atoms with van der Waals surface area (Å²) in [6.07, 6.45) is 2.55. The van der Waals surface area contributed by atoms with Gasteiger partial charge in [-0.3, -0.25) is 9.59 Å². The molecule has 0 fully saturated rings. The van der Waals surface area contributed by atoms with Gasteiger partial charge < -0.3 is 20.5 Å². The van der Waals surface area contributed by atoms with E-state index in [2.05, 4.69) is 24.5 Å². The Labute approximate surface area is 134 Å². The Morgan fingerprint density at radius 3 is 2.41 bits per heavy atom. The first-order valence-corrected chi connectivity index (χ1v) is 8.09. The van der Waals surface area contributed by atoms with Gasteiger partial charge in [0.15, 0.2) is 0 Å². The van der Waals surface area contributed by atoms with E-state index in [1.54, 1.807) is 6.92 Å². The fraction of sp³-hybridized carbons (Fsp3) is 0.875. The van der Waals surface area contributed by atoms with E-state index in [0.717, 1.165) is 19.3 Å². The van der Waals surface area contributed by atoms with E-state index in [1.807, 2.05) is 0 Å². The molecule has 0 aromatic heterocycles. The van der Waals surface area contributed by atoms with Gasteiger partial charge in [-0.05, 0) is 12.3 Å². The second kappa shape index (κ2) is 12.4. The van der Waals surface area contributed by atoms with E-state index >= 15 is 0 Å². The molecule has 2 atom stereocenters. The van der Waals surface area contributed by atoms with Crippen LogP contribution in [0.1, 0.15) is 46.5 Å². The van der Waals surface area contributed by atoms with Crippen molar-refractivity contribution in [3.05, 3.63) is 0 Å². The number of aliphatic hydroxyl groups excluding tert-OH is 1. The van der Waals surface area contributed by atoms with Gasteiger partial charge >= 0.3 is 0 Å². The number of unbranched alkanes of at least 4 members (excludes halogenated alkanes) is 1. The number of nitrogens with one attached hydrogen (secondary N) is 2. The van der Waals surface area contributed by atoms with Crippen molar-refractivity contribution in [2.45, 2.75) is 52.6 Å². The topological polar surface area (TPSA) is 87.7 Å². The molecule has 0 aliphatic carbocycles. The van der Waals surface area contributed by atoms with Crippen molar-refractivity contribution in [2.24, 2.45) is 11.8 Å². The molecule has 0 aliphatic heterocycles. The van der Waals surface area contributed by atoms with Crippen LogP contribution in [0.3, 0.4) is 0 Å². The van der Waals surface area contributed by atoms with Gasteiger partial charge in [-0.2, -0.15) is 0 Å². The fourth-order valence-corrected chi connectivity index (χ4v) is 1.90. The quantitative estimate of drug-likeness (QED) is 0.470. The number of aliphatic hydroxyl groups is 1.